The molecule has 0 N–H and O–H groups in total. The van der Waals surface area contributed by atoms with Crippen molar-refractivity contribution in [2.75, 3.05) is 14.7 Å². The maximum atomic E-state index is 6.76. The highest BCUT2D eigenvalue weighted by Gasteiger charge is 2.48. The molecule has 0 aliphatic carbocycles. The first kappa shape index (κ1) is 51.2. The summed E-state index contributed by atoms with van der Waals surface area (Å²) in [7, 11) is 0. The van der Waals surface area contributed by atoms with E-state index in [2.05, 4.69) is 294 Å². The fourth-order valence-corrected chi connectivity index (χ4v) is 13.5. The molecular weight excluding hydrogens is 984 g/mol. The highest BCUT2D eigenvalue weighted by Crippen LogP contribution is 2.56. The monoisotopic (exact) mass is 1060 g/mol. The molecule has 0 unspecified atom stereocenters. The van der Waals surface area contributed by atoms with Crippen LogP contribution in [0.2, 0.25) is 0 Å². The topological polar surface area (TPSA) is 27.8 Å². The van der Waals surface area contributed by atoms with Crippen LogP contribution >= 0.6 is 0 Å². The van der Waals surface area contributed by atoms with E-state index in [9.17, 15) is 0 Å². The van der Waals surface area contributed by atoms with Crippen molar-refractivity contribution >= 4 is 118 Å². The van der Waals surface area contributed by atoms with Gasteiger partial charge in [0.25, 0.3) is 6.71 Å². The third-order valence-electron chi connectivity index (χ3n) is 18.1. The Balaban J connectivity index is 1.11. The van der Waals surface area contributed by atoms with E-state index >= 15 is 0 Å². The first-order chi connectivity index (χ1) is 38.2. The SMILES string of the molecule is Cc1cc2c3c(c1)N1c4c(cc(C(C)(C)C)cc4-n4c5ccc(C(C)(C)C)cc5c5cc(C(C)(C)C)cc1c54)B3c1ccc(N(c3ccc(C(C)(C)C)cc3)c3ccc(C(C)(C)C)cc3)cc1N2c1cccc2oc3ccccc3c12. The van der Waals surface area contributed by atoms with E-state index in [-0.39, 0.29) is 33.8 Å². The van der Waals surface area contributed by atoms with Crippen molar-refractivity contribution in [1.82, 2.24) is 4.57 Å². The van der Waals surface area contributed by atoms with E-state index in [1.165, 1.54) is 100 Å². The van der Waals surface area contributed by atoms with Gasteiger partial charge in [-0.2, -0.15) is 0 Å². The van der Waals surface area contributed by atoms with Crippen LogP contribution in [0, 0.1) is 6.92 Å². The zero-order valence-electron chi connectivity index (χ0n) is 50.4. The van der Waals surface area contributed by atoms with Crippen LogP contribution in [-0.4, -0.2) is 11.3 Å². The Morgan fingerprint density at radius 3 is 1.56 bits per heavy atom. The van der Waals surface area contributed by atoms with Crippen molar-refractivity contribution < 1.29 is 4.42 Å². The Labute approximate surface area is 479 Å². The van der Waals surface area contributed by atoms with Gasteiger partial charge in [-0.25, -0.2) is 0 Å². The zero-order valence-corrected chi connectivity index (χ0v) is 50.4. The van der Waals surface area contributed by atoms with E-state index < -0.39 is 0 Å². The molecule has 0 amide bonds. The van der Waals surface area contributed by atoms with Crippen LogP contribution in [0.1, 0.15) is 137 Å². The molecule has 5 heterocycles. The van der Waals surface area contributed by atoms with Gasteiger partial charge in [0, 0.05) is 50.3 Å². The summed E-state index contributed by atoms with van der Waals surface area (Å²) in [6, 6.07) is 63.4. The Morgan fingerprint density at radius 1 is 0.383 bits per heavy atom. The third kappa shape index (κ3) is 7.79. The van der Waals surface area contributed by atoms with Crippen LogP contribution in [0.25, 0.3) is 49.4 Å². The first-order valence-electron chi connectivity index (χ1n) is 29.4. The number of fused-ring (bicyclic) bond motifs is 12. The van der Waals surface area contributed by atoms with Crippen LogP contribution < -0.4 is 31.1 Å². The normalized spacial score (nSPS) is 14.1. The molecule has 3 aliphatic rings. The molecule has 0 fully saturated rings. The molecule has 11 aromatic rings. The second-order valence-electron chi connectivity index (χ2n) is 28.9. The maximum Gasteiger partial charge on any atom is 0.252 e. The zero-order chi connectivity index (χ0) is 56.8. The number of hydrogen-bond acceptors (Lipinski definition) is 4. The first-order valence-corrected chi connectivity index (χ1v) is 29.4. The summed E-state index contributed by atoms with van der Waals surface area (Å²) in [4.78, 5) is 7.76. The standard InChI is InChI=1S/C75H75BN4O/c1-44-36-61-68-62(37-44)80-63-41-48(74(11,12)13)39-55-54-38-47(73(8,9)10)28-35-58(54)79(69(55)63)64-42-49(75(14,15)16)40-57(70(64)80)76(68)56-34-33-52(43-60(56)78(61)59-21-19-23-66-67(59)53-20-17-18-22-65(53)81-66)77(50-29-24-45(25-30-50)71(2,3)4)51-31-26-46(27-32-51)72(5,6)7/h17-43H,1-16H3. The molecule has 404 valence electrons. The summed E-state index contributed by atoms with van der Waals surface area (Å²) in [5.74, 6) is 0. The number of anilines is 9. The second kappa shape index (κ2) is 17.0. The Hall–Kier alpha value is -7.96. The van der Waals surface area contributed by atoms with Gasteiger partial charge < -0.3 is 23.7 Å². The Bertz CT molecular complexity index is 4380. The predicted molar refractivity (Wildman–Crippen MR) is 349 cm³/mol. The van der Waals surface area contributed by atoms with Crippen molar-refractivity contribution in [3.8, 4) is 5.69 Å². The van der Waals surface area contributed by atoms with Gasteiger partial charge in [-0.15, -0.1) is 0 Å². The van der Waals surface area contributed by atoms with Gasteiger partial charge in [-0.05, 0) is 181 Å². The number of furan rings is 1. The molecule has 81 heavy (non-hydrogen) atoms. The number of rotatable bonds is 4. The Morgan fingerprint density at radius 2 is 0.926 bits per heavy atom. The molecule has 0 saturated heterocycles. The molecule has 6 heteroatoms. The average Bonchev–Trinajstić information content (AvgIpc) is 2.24. The van der Waals surface area contributed by atoms with Crippen molar-refractivity contribution in [1.29, 1.82) is 0 Å². The lowest BCUT2D eigenvalue weighted by Crippen LogP contribution is -2.62. The quantitative estimate of drug-likeness (QED) is 0.164. The largest absolute Gasteiger partial charge is 0.456 e. The molecule has 3 aliphatic heterocycles. The lowest BCUT2D eigenvalue weighted by molar-refractivity contribution is 0.590. The van der Waals surface area contributed by atoms with Gasteiger partial charge in [0.2, 0.25) is 0 Å². The summed E-state index contributed by atoms with van der Waals surface area (Å²) in [6.07, 6.45) is 0. The van der Waals surface area contributed by atoms with Gasteiger partial charge in [-0.3, -0.25) is 0 Å². The summed E-state index contributed by atoms with van der Waals surface area (Å²) >= 11 is 0. The van der Waals surface area contributed by atoms with Crippen molar-refractivity contribution in [2.24, 2.45) is 0 Å². The van der Waals surface area contributed by atoms with Gasteiger partial charge >= 0.3 is 0 Å². The molecule has 0 spiro atoms. The molecule has 0 bridgehead atoms. The number of para-hydroxylation sites is 1. The van der Waals surface area contributed by atoms with E-state index in [1.807, 2.05) is 0 Å². The molecule has 5 nitrogen and oxygen atoms in total. The summed E-state index contributed by atoms with van der Waals surface area (Å²) < 4.78 is 9.40. The summed E-state index contributed by atoms with van der Waals surface area (Å²) in [5, 5.41) is 4.82. The fourth-order valence-electron chi connectivity index (χ4n) is 13.5. The van der Waals surface area contributed by atoms with Crippen LogP contribution in [0.5, 0.6) is 0 Å². The van der Waals surface area contributed by atoms with E-state index in [4.69, 9.17) is 4.42 Å². The number of aromatic nitrogens is 1. The molecule has 0 radical (unpaired) electrons. The number of hydrogen-bond donors (Lipinski definition) is 0. The van der Waals surface area contributed by atoms with Gasteiger partial charge in [0.05, 0.1) is 39.2 Å². The number of benzene rings is 9. The Kier molecular flexibility index (Phi) is 10.8. The number of aryl methyl sites for hydroxylation is 1. The van der Waals surface area contributed by atoms with Crippen molar-refractivity contribution in [3.05, 3.63) is 197 Å². The predicted octanol–water partition coefficient (Wildman–Crippen LogP) is 19.3. The van der Waals surface area contributed by atoms with Gasteiger partial charge in [0.1, 0.15) is 11.2 Å². The molecular formula is C75H75BN4O. The van der Waals surface area contributed by atoms with Crippen LogP contribution in [-0.2, 0) is 27.1 Å². The highest BCUT2D eigenvalue weighted by atomic mass is 16.3. The van der Waals surface area contributed by atoms with Crippen LogP contribution in [0.3, 0.4) is 0 Å². The fraction of sp³-hybridized carbons (Fsp3) is 0.280. The summed E-state index contributed by atoms with van der Waals surface area (Å²) in [5.41, 5.74) is 27.5. The number of nitrogens with zero attached hydrogens (tertiary/aromatic N) is 4. The molecule has 14 rings (SSSR count). The lowest BCUT2D eigenvalue weighted by Gasteiger charge is -2.47. The van der Waals surface area contributed by atoms with Gasteiger partial charge in [-0.1, -0.05) is 171 Å². The van der Waals surface area contributed by atoms with Crippen LogP contribution in [0.4, 0.5) is 51.2 Å². The molecule has 9 aromatic carbocycles. The minimum atomic E-state index is -0.151. The van der Waals surface area contributed by atoms with Gasteiger partial charge in [0.15, 0.2) is 0 Å². The third-order valence-corrected chi connectivity index (χ3v) is 18.1. The average molecular weight is 1060 g/mol. The summed E-state index contributed by atoms with van der Waals surface area (Å²) in [6.45, 7) is 37.2. The van der Waals surface area contributed by atoms with Crippen LogP contribution in [0.15, 0.2) is 168 Å². The van der Waals surface area contributed by atoms with E-state index in [0.29, 0.717) is 0 Å². The van der Waals surface area contributed by atoms with E-state index in [1.54, 1.807) is 0 Å². The van der Waals surface area contributed by atoms with Crippen molar-refractivity contribution in [3.63, 3.8) is 0 Å². The molecule has 0 atom stereocenters. The highest BCUT2D eigenvalue weighted by molar-refractivity contribution is 7.00. The minimum absolute atomic E-state index is 0.0128. The lowest BCUT2D eigenvalue weighted by atomic mass is 9.33. The maximum absolute atomic E-state index is 6.76. The second-order valence-corrected chi connectivity index (χ2v) is 28.9. The van der Waals surface area contributed by atoms with E-state index in [0.717, 1.165) is 50.4 Å². The van der Waals surface area contributed by atoms with Crippen molar-refractivity contribution in [2.45, 2.75) is 138 Å². The molecule has 2 aromatic heterocycles. The molecule has 0 saturated carbocycles. The smallest absolute Gasteiger partial charge is 0.252 e. The minimum Gasteiger partial charge on any atom is -0.456 e.